The summed E-state index contributed by atoms with van der Waals surface area (Å²) in [5, 5.41) is 5.36. The van der Waals surface area contributed by atoms with Crippen LogP contribution in [0.1, 0.15) is 13.8 Å². The van der Waals surface area contributed by atoms with Gasteiger partial charge in [-0.25, -0.2) is 0 Å². The van der Waals surface area contributed by atoms with Gasteiger partial charge in [-0.3, -0.25) is 9.59 Å². The summed E-state index contributed by atoms with van der Waals surface area (Å²) in [6.45, 7) is 10.7. The Balaban J connectivity index is 2.64. The fourth-order valence-electron chi connectivity index (χ4n) is 1.37. The summed E-state index contributed by atoms with van der Waals surface area (Å²) in [5.41, 5.74) is 2.50. The van der Waals surface area contributed by atoms with Crippen LogP contribution in [0.4, 0.5) is 11.4 Å². The van der Waals surface area contributed by atoms with Crippen molar-refractivity contribution in [2.45, 2.75) is 13.8 Å². The first-order valence-electron chi connectivity index (χ1n) is 6.10. The molecule has 4 nitrogen and oxygen atoms in total. The van der Waals surface area contributed by atoms with Crippen molar-refractivity contribution >= 4 is 23.2 Å². The molecule has 0 saturated carbocycles. The molecule has 0 aliphatic rings. The van der Waals surface area contributed by atoms with Crippen molar-refractivity contribution in [3.8, 4) is 0 Å². The molecule has 2 amide bonds. The number of allylic oxidation sites excluding steroid dienone is 2. The van der Waals surface area contributed by atoms with E-state index in [1.54, 1.807) is 36.4 Å². The Morgan fingerprint density at radius 1 is 0.950 bits per heavy atom. The number of carbonyl (C=O) groups excluding carboxylic acids is 2. The van der Waals surface area contributed by atoms with Gasteiger partial charge in [-0.05, 0) is 37.3 Å². The predicted octanol–water partition coefficient (Wildman–Crippen LogP) is 3.27. The highest BCUT2D eigenvalue weighted by Crippen LogP contribution is 2.14. The summed E-state index contributed by atoms with van der Waals surface area (Å²) in [6, 6.07) is 6.84. The van der Waals surface area contributed by atoms with E-state index in [-0.39, 0.29) is 11.8 Å². The van der Waals surface area contributed by atoms with Gasteiger partial charge in [0, 0.05) is 23.9 Å². The summed E-state index contributed by atoms with van der Waals surface area (Å²) in [6.07, 6.45) is 3.34. The predicted molar refractivity (Wildman–Crippen MR) is 82.5 cm³/mol. The number of carbonyl (C=O) groups is 2. The van der Waals surface area contributed by atoms with Crippen LogP contribution in [0, 0.1) is 0 Å². The Labute approximate surface area is 118 Å². The highest BCUT2D eigenvalue weighted by molar-refractivity contribution is 6.05. The van der Waals surface area contributed by atoms with Gasteiger partial charge >= 0.3 is 0 Å². The molecule has 20 heavy (non-hydrogen) atoms. The summed E-state index contributed by atoms with van der Waals surface area (Å²) in [4.78, 5) is 22.7. The zero-order chi connectivity index (χ0) is 15.1. The van der Waals surface area contributed by atoms with E-state index < -0.39 is 0 Å². The maximum Gasteiger partial charge on any atom is 0.255 e. The molecule has 0 aliphatic carbocycles. The number of hydrogen-bond donors (Lipinski definition) is 2. The van der Waals surface area contributed by atoms with Gasteiger partial charge in [-0.1, -0.05) is 24.8 Å². The van der Waals surface area contributed by atoms with Crippen LogP contribution in [0.5, 0.6) is 0 Å². The molecule has 0 bridgehead atoms. The van der Waals surface area contributed by atoms with Crippen molar-refractivity contribution in [3.63, 3.8) is 0 Å². The minimum absolute atomic E-state index is 0.139. The van der Waals surface area contributed by atoms with Gasteiger partial charge in [-0.15, -0.1) is 0 Å². The zero-order valence-electron chi connectivity index (χ0n) is 11.7. The molecule has 1 rings (SSSR count). The van der Waals surface area contributed by atoms with Gasteiger partial charge in [0.15, 0.2) is 0 Å². The van der Waals surface area contributed by atoms with Crippen LogP contribution < -0.4 is 10.6 Å². The first-order chi connectivity index (χ1) is 9.38. The van der Waals surface area contributed by atoms with Gasteiger partial charge < -0.3 is 10.6 Å². The van der Waals surface area contributed by atoms with E-state index in [9.17, 15) is 9.59 Å². The van der Waals surface area contributed by atoms with Crippen molar-refractivity contribution in [2.24, 2.45) is 0 Å². The molecule has 0 heterocycles. The van der Waals surface area contributed by atoms with Crippen molar-refractivity contribution in [3.05, 3.63) is 60.7 Å². The summed E-state index contributed by atoms with van der Waals surface area (Å²) >= 11 is 0. The molecule has 0 aromatic heterocycles. The molecule has 4 heteroatoms. The van der Waals surface area contributed by atoms with Crippen LogP contribution in [0.2, 0.25) is 0 Å². The molecule has 0 aliphatic heterocycles. The zero-order valence-corrected chi connectivity index (χ0v) is 11.7. The third kappa shape index (κ3) is 5.35. The lowest BCUT2D eigenvalue weighted by Gasteiger charge is -2.07. The van der Waals surface area contributed by atoms with E-state index in [4.69, 9.17) is 0 Å². The van der Waals surface area contributed by atoms with Crippen LogP contribution in [-0.2, 0) is 9.59 Å². The van der Waals surface area contributed by atoms with Gasteiger partial charge in [-0.2, -0.15) is 0 Å². The molecule has 1 aromatic carbocycles. The second-order valence-electron chi connectivity index (χ2n) is 4.42. The lowest BCUT2D eigenvalue weighted by atomic mass is 10.2. The molecule has 0 radical (unpaired) electrons. The smallest absolute Gasteiger partial charge is 0.255 e. The largest absolute Gasteiger partial charge is 0.326 e. The van der Waals surface area contributed by atoms with E-state index in [0.29, 0.717) is 16.9 Å². The monoisotopic (exact) mass is 270 g/mol. The second-order valence-corrected chi connectivity index (χ2v) is 4.42. The molecule has 0 spiro atoms. The molecular weight excluding hydrogens is 252 g/mol. The second kappa shape index (κ2) is 7.09. The third-order valence-corrected chi connectivity index (χ3v) is 2.32. The highest BCUT2D eigenvalue weighted by atomic mass is 16.2. The van der Waals surface area contributed by atoms with Crippen molar-refractivity contribution in [1.82, 2.24) is 0 Å². The molecule has 1 aromatic rings. The topological polar surface area (TPSA) is 58.2 Å². The van der Waals surface area contributed by atoms with Crippen molar-refractivity contribution in [2.75, 3.05) is 10.6 Å². The normalized spacial score (nSPS) is 10.1. The first-order valence-corrected chi connectivity index (χ1v) is 6.10. The highest BCUT2D eigenvalue weighted by Gasteiger charge is 2.04. The first kappa shape index (κ1) is 15.4. The van der Waals surface area contributed by atoms with E-state index in [2.05, 4.69) is 23.8 Å². The Hall–Kier alpha value is -2.62. The van der Waals surface area contributed by atoms with E-state index in [0.717, 1.165) is 5.57 Å². The van der Waals surface area contributed by atoms with E-state index >= 15 is 0 Å². The van der Waals surface area contributed by atoms with Crippen LogP contribution in [0.25, 0.3) is 0 Å². The van der Waals surface area contributed by atoms with Gasteiger partial charge in [0.25, 0.3) is 5.91 Å². The average Bonchev–Trinajstić information content (AvgIpc) is 2.37. The molecule has 0 saturated heterocycles. The van der Waals surface area contributed by atoms with E-state index in [1.807, 2.05) is 6.92 Å². The maximum absolute atomic E-state index is 11.8. The number of rotatable bonds is 5. The number of hydrogen-bond acceptors (Lipinski definition) is 2. The molecule has 104 valence electrons. The van der Waals surface area contributed by atoms with Gasteiger partial charge in [0.2, 0.25) is 5.91 Å². The van der Waals surface area contributed by atoms with Crippen molar-refractivity contribution < 1.29 is 9.59 Å². The van der Waals surface area contributed by atoms with Crippen LogP contribution in [0.15, 0.2) is 60.7 Å². The van der Waals surface area contributed by atoms with Crippen molar-refractivity contribution in [1.29, 1.82) is 0 Å². The Morgan fingerprint density at radius 2 is 1.45 bits per heavy atom. The van der Waals surface area contributed by atoms with Gasteiger partial charge in [0.05, 0.1) is 0 Å². The van der Waals surface area contributed by atoms with Crippen LogP contribution in [0.3, 0.4) is 0 Å². The summed E-state index contributed by atoms with van der Waals surface area (Å²) in [5.74, 6) is -0.421. The third-order valence-electron chi connectivity index (χ3n) is 2.32. The standard InChI is InChI=1S/C16H18N2O2/c1-11(2)5-6-12(3)16(20)18-15-9-7-14(8-10-15)17-13(4)19/h5-10H,1,3H2,2,4H3,(H,17,19)(H,18,20)/b6-5-. The fraction of sp³-hybridized carbons (Fsp3) is 0.125. The number of amides is 2. The Kier molecular flexibility index (Phi) is 5.47. The molecule has 0 fully saturated rings. The lowest BCUT2D eigenvalue weighted by molar-refractivity contribution is -0.114. The lowest BCUT2D eigenvalue weighted by Crippen LogP contribution is -2.12. The number of benzene rings is 1. The molecule has 0 atom stereocenters. The SMILES string of the molecule is C=C(C)/C=C\C(=C)C(=O)Nc1ccc(NC(C)=O)cc1. The Morgan fingerprint density at radius 3 is 1.90 bits per heavy atom. The Bertz CT molecular complexity index is 569. The molecule has 2 N–H and O–H groups in total. The minimum Gasteiger partial charge on any atom is -0.326 e. The average molecular weight is 270 g/mol. The minimum atomic E-state index is -0.283. The summed E-state index contributed by atoms with van der Waals surface area (Å²) < 4.78 is 0. The number of anilines is 2. The van der Waals surface area contributed by atoms with E-state index in [1.165, 1.54) is 6.92 Å². The summed E-state index contributed by atoms with van der Waals surface area (Å²) in [7, 11) is 0. The molecule has 0 unspecified atom stereocenters. The molecular formula is C16H18N2O2. The quantitative estimate of drug-likeness (QED) is 0.637. The maximum atomic E-state index is 11.8. The van der Waals surface area contributed by atoms with Gasteiger partial charge in [0.1, 0.15) is 0 Å². The fourth-order valence-corrected chi connectivity index (χ4v) is 1.37. The number of nitrogens with one attached hydrogen (secondary N) is 2. The van der Waals surface area contributed by atoms with Crippen LogP contribution in [-0.4, -0.2) is 11.8 Å². The van der Waals surface area contributed by atoms with Crippen LogP contribution >= 0.6 is 0 Å².